The Hall–Kier alpha value is -1.55. The van der Waals surface area contributed by atoms with Crippen molar-refractivity contribution in [3.8, 4) is 0 Å². The van der Waals surface area contributed by atoms with Crippen molar-refractivity contribution in [3.05, 3.63) is 29.8 Å². The van der Waals surface area contributed by atoms with E-state index >= 15 is 0 Å². The molecule has 2 rings (SSSR count). The molecule has 1 aliphatic rings. The second-order valence-electron chi connectivity index (χ2n) is 5.09. The first-order valence-electron chi connectivity index (χ1n) is 6.83. The number of ether oxygens (including phenoxy) is 1. The summed E-state index contributed by atoms with van der Waals surface area (Å²) >= 11 is 0. The van der Waals surface area contributed by atoms with Crippen LogP contribution < -0.4 is 10.6 Å². The highest BCUT2D eigenvalue weighted by Gasteiger charge is 2.19. The zero-order valence-electron chi connectivity index (χ0n) is 11.6. The van der Waals surface area contributed by atoms with Crippen LogP contribution >= 0.6 is 0 Å². The van der Waals surface area contributed by atoms with E-state index in [0.717, 1.165) is 19.4 Å². The van der Waals surface area contributed by atoms with Gasteiger partial charge in [-0.05, 0) is 31.4 Å². The van der Waals surface area contributed by atoms with E-state index in [1.54, 1.807) is 7.11 Å². The maximum absolute atomic E-state index is 11.8. The summed E-state index contributed by atoms with van der Waals surface area (Å²) in [6, 6.07) is 8.42. The Morgan fingerprint density at radius 3 is 3.11 bits per heavy atom. The lowest BCUT2D eigenvalue weighted by molar-refractivity contribution is -0.122. The lowest BCUT2D eigenvalue weighted by Gasteiger charge is -2.27. The van der Waals surface area contributed by atoms with Gasteiger partial charge in [-0.15, -0.1) is 0 Å². The van der Waals surface area contributed by atoms with Crippen molar-refractivity contribution in [2.24, 2.45) is 0 Å². The molecule has 0 fully saturated rings. The maximum Gasteiger partial charge on any atom is 0.220 e. The predicted molar refractivity (Wildman–Crippen MR) is 76.3 cm³/mol. The van der Waals surface area contributed by atoms with Gasteiger partial charge in [-0.1, -0.05) is 18.2 Å². The fourth-order valence-corrected chi connectivity index (χ4v) is 2.30. The summed E-state index contributed by atoms with van der Waals surface area (Å²) in [5, 5.41) is 6.44. The standard InChI is InChI=1S/C15H22N2O2/c1-11(19-2)7-8-15(18)17-13-9-12-5-3-4-6-14(12)16-10-13/h3-6,11,13,16H,7-10H2,1-2H3,(H,17,18). The van der Waals surface area contributed by atoms with Gasteiger partial charge < -0.3 is 15.4 Å². The maximum atomic E-state index is 11.8. The van der Waals surface area contributed by atoms with Crippen LogP contribution in [-0.4, -0.2) is 31.7 Å². The van der Waals surface area contributed by atoms with Crippen molar-refractivity contribution in [2.45, 2.75) is 38.3 Å². The van der Waals surface area contributed by atoms with E-state index in [1.165, 1.54) is 11.3 Å². The largest absolute Gasteiger partial charge is 0.383 e. The quantitative estimate of drug-likeness (QED) is 0.853. The molecule has 4 nitrogen and oxygen atoms in total. The number of nitrogens with one attached hydrogen (secondary N) is 2. The highest BCUT2D eigenvalue weighted by molar-refractivity contribution is 5.76. The SMILES string of the molecule is COC(C)CCC(=O)NC1CNc2ccccc2C1. The molecule has 0 saturated heterocycles. The van der Waals surface area contributed by atoms with E-state index in [0.29, 0.717) is 6.42 Å². The van der Waals surface area contributed by atoms with E-state index in [9.17, 15) is 4.79 Å². The molecule has 0 aromatic heterocycles. The van der Waals surface area contributed by atoms with Crippen molar-refractivity contribution in [2.75, 3.05) is 19.0 Å². The van der Waals surface area contributed by atoms with Crippen molar-refractivity contribution >= 4 is 11.6 Å². The Kier molecular flexibility index (Phi) is 4.80. The summed E-state index contributed by atoms with van der Waals surface area (Å²) in [5.41, 5.74) is 2.45. The topological polar surface area (TPSA) is 50.4 Å². The molecule has 1 aromatic carbocycles. The number of rotatable bonds is 5. The van der Waals surface area contributed by atoms with Gasteiger partial charge in [0.15, 0.2) is 0 Å². The molecule has 104 valence electrons. The van der Waals surface area contributed by atoms with E-state index in [4.69, 9.17) is 4.74 Å². The molecular formula is C15H22N2O2. The van der Waals surface area contributed by atoms with Gasteiger partial charge in [0.2, 0.25) is 5.91 Å². The molecule has 2 atom stereocenters. The number of benzene rings is 1. The number of fused-ring (bicyclic) bond motifs is 1. The normalized spacial score (nSPS) is 19.2. The molecule has 1 aromatic rings. The average molecular weight is 262 g/mol. The Labute approximate surface area is 114 Å². The molecule has 0 radical (unpaired) electrons. The van der Waals surface area contributed by atoms with Gasteiger partial charge in [0, 0.05) is 25.8 Å². The van der Waals surface area contributed by atoms with Crippen molar-refractivity contribution < 1.29 is 9.53 Å². The van der Waals surface area contributed by atoms with Crippen LogP contribution in [0.5, 0.6) is 0 Å². The first-order chi connectivity index (χ1) is 9.19. The van der Waals surface area contributed by atoms with Crippen LogP contribution in [0.1, 0.15) is 25.3 Å². The van der Waals surface area contributed by atoms with Gasteiger partial charge in [-0.3, -0.25) is 4.79 Å². The highest BCUT2D eigenvalue weighted by Crippen LogP contribution is 2.21. The first kappa shape index (κ1) is 13.9. The van der Waals surface area contributed by atoms with E-state index < -0.39 is 0 Å². The Bertz CT molecular complexity index is 434. The van der Waals surface area contributed by atoms with Crippen LogP contribution in [0, 0.1) is 0 Å². The van der Waals surface area contributed by atoms with Gasteiger partial charge in [-0.2, -0.15) is 0 Å². The molecular weight excluding hydrogens is 240 g/mol. The number of hydrogen-bond donors (Lipinski definition) is 2. The molecule has 19 heavy (non-hydrogen) atoms. The molecule has 2 N–H and O–H groups in total. The second-order valence-corrected chi connectivity index (χ2v) is 5.09. The third kappa shape index (κ3) is 3.96. The molecule has 1 amide bonds. The fraction of sp³-hybridized carbons (Fsp3) is 0.533. The lowest BCUT2D eigenvalue weighted by atomic mass is 9.99. The number of hydrogen-bond acceptors (Lipinski definition) is 3. The van der Waals surface area contributed by atoms with Crippen LogP contribution in [-0.2, 0) is 16.0 Å². The lowest BCUT2D eigenvalue weighted by Crippen LogP contribution is -2.43. The molecule has 0 bridgehead atoms. The van der Waals surface area contributed by atoms with Gasteiger partial charge in [0.05, 0.1) is 12.1 Å². The number of carbonyl (C=O) groups excluding carboxylic acids is 1. The Morgan fingerprint density at radius 2 is 2.32 bits per heavy atom. The molecule has 1 heterocycles. The highest BCUT2D eigenvalue weighted by atomic mass is 16.5. The number of methoxy groups -OCH3 is 1. The summed E-state index contributed by atoms with van der Waals surface area (Å²) in [6.07, 6.45) is 2.32. The van der Waals surface area contributed by atoms with Crippen LogP contribution in [0.15, 0.2) is 24.3 Å². The van der Waals surface area contributed by atoms with E-state index in [-0.39, 0.29) is 18.1 Å². The summed E-state index contributed by atoms with van der Waals surface area (Å²) in [4.78, 5) is 11.8. The molecule has 0 saturated carbocycles. The van der Waals surface area contributed by atoms with Crippen molar-refractivity contribution in [1.29, 1.82) is 0 Å². The summed E-state index contributed by atoms with van der Waals surface area (Å²) in [7, 11) is 1.67. The van der Waals surface area contributed by atoms with Crippen LogP contribution in [0.25, 0.3) is 0 Å². The van der Waals surface area contributed by atoms with Gasteiger partial charge in [0.25, 0.3) is 0 Å². The fourth-order valence-electron chi connectivity index (χ4n) is 2.30. The second kappa shape index (κ2) is 6.57. The Balaban J connectivity index is 1.80. The zero-order chi connectivity index (χ0) is 13.7. The number of anilines is 1. The average Bonchev–Trinajstić information content (AvgIpc) is 2.44. The summed E-state index contributed by atoms with van der Waals surface area (Å²) < 4.78 is 5.14. The summed E-state index contributed by atoms with van der Waals surface area (Å²) in [5.74, 6) is 0.107. The van der Waals surface area contributed by atoms with Crippen LogP contribution in [0.3, 0.4) is 0 Å². The van der Waals surface area contributed by atoms with Crippen LogP contribution in [0.2, 0.25) is 0 Å². The van der Waals surface area contributed by atoms with Crippen molar-refractivity contribution in [1.82, 2.24) is 5.32 Å². The molecule has 0 aliphatic carbocycles. The molecule has 2 unspecified atom stereocenters. The number of para-hydroxylation sites is 1. The van der Waals surface area contributed by atoms with Gasteiger partial charge in [0.1, 0.15) is 0 Å². The number of carbonyl (C=O) groups is 1. The minimum atomic E-state index is 0.107. The molecule has 0 spiro atoms. The third-order valence-electron chi connectivity index (χ3n) is 3.57. The van der Waals surface area contributed by atoms with Crippen LogP contribution in [0.4, 0.5) is 5.69 Å². The minimum absolute atomic E-state index is 0.107. The van der Waals surface area contributed by atoms with E-state index in [1.807, 2.05) is 19.1 Å². The molecule has 1 aliphatic heterocycles. The monoisotopic (exact) mass is 262 g/mol. The van der Waals surface area contributed by atoms with Gasteiger partial charge >= 0.3 is 0 Å². The Morgan fingerprint density at radius 1 is 1.53 bits per heavy atom. The van der Waals surface area contributed by atoms with E-state index in [2.05, 4.69) is 22.8 Å². The minimum Gasteiger partial charge on any atom is -0.383 e. The third-order valence-corrected chi connectivity index (χ3v) is 3.57. The van der Waals surface area contributed by atoms with Crippen molar-refractivity contribution in [3.63, 3.8) is 0 Å². The predicted octanol–water partition coefficient (Wildman–Crippen LogP) is 1.95. The first-order valence-corrected chi connectivity index (χ1v) is 6.83. The van der Waals surface area contributed by atoms with Gasteiger partial charge in [-0.25, -0.2) is 0 Å². The number of amides is 1. The summed E-state index contributed by atoms with van der Waals surface area (Å²) in [6.45, 7) is 2.77. The molecule has 4 heteroatoms. The zero-order valence-corrected chi connectivity index (χ0v) is 11.6. The smallest absolute Gasteiger partial charge is 0.220 e.